The Labute approximate surface area is 242 Å². The Bertz CT molecular complexity index is 1070. The number of benzene rings is 1. The van der Waals surface area contributed by atoms with E-state index in [-0.39, 0.29) is 54.1 Å². The van der Waals surface area contributed by atoms with Gasteiger partial charge >= 0.3 is 0 Å². The van der Waals surface area contributed by atoms with Crippen LogP contribution in [0.2, 0.25) is 0 Å². The highest BCUT2D eigenvalue weighted by Gasteiger charge is 2.29. The van der Waals surface area contributed by atoms with Crippen molar-refractivity contribution in [2.75, 3.05) is 51.8 Å². The molecule has 0 saturated carbocycles. The van der Waals surface area contributed by atoms with Crippen LogP contribution in [0.4, 0.5) is 5.69 Å². The average Bonchev–Trinajstić information content (AvgIpc) is 2.93. The Hall–Kier alpha value is -3.60. The van der Waals surface area contributed by atoms with Crippen LogP contribution in [0.25, 0.3) is 0 Å². The van der Waals surface area contributed by atoms with Gasteiger partial charge in [0.25, 0.3) is 0 Å². The van der Waals surface area contributed by atoms with Gasteiger partial charge in [0.2, 0.25) is 29.5 Å². The van der Waals surface area contributed by atoms with Crippen LogP contribution in [0, 0.1) is 5.92 Å². The number of rotatable bonds is 18. The number of likely N-dealkylation sites (tertiary alicyclic amines) is 1. The number of ketones is 1. The predicted molar refractivity (Wildman–Crippen MR) is 154 cm³/mol. The number of hydrogen-bond donors (Lipinski definition) is 1. The SMILES string of the molecule is CC(=O)C(C)CCCCNC(=O)CCCOCCN(C)C(=O)CC(=O)N(C)c1ccc(CC(=O)N2CCC2=O)cc1. The fraction of sp³-hybridized carbons (Fsp3) is 0.600. The molecule has 0 bridgehead atoms. The van der Waals surface area contributed by atoms with Crippen molar-refractivity contribution >= 4 is 41.0 Å². The number of anilines is 1. The molecule has 2 rings (SSSR count). The molecule has 1 N–H and O–H groups in total. The molecule has 1 aliphatic rings. The topological polar surface area (TPSA) is 133 Å². The van der Waals surface area contributed by atoms with E-state index < -0.39 is 0 Å². The number of carbonyl (C=O) groups is 6. The van der Waals surface area contributed by atoms with Gasteiger partial charge in [0.05, 0.1) is 13.0 Å². The monoisotopic (exact) mass is 572 g/mol. The van der Waals surface area contributed by atoms with E-state index in [9.17, 15) is 28.8 Å². The van der Waals surface area contributed by atoms with Crippen LogP contribution in [0.5, 0.6) is 0 Å². The van der Waals surface area contributed by atoms with E-state index in [1.54, 1.807) is 45.3 Å². The first-order valence-electron chi connectivity index (χ1n) is 14.3. The van der Waals surface area contributed by atoms with Crippen LogP contribution in [-0.2, 0) is 39.9 Å². The molecule has 1 saturated heterocycles. The maximum absolute atomic E-state index is 12.6. The summed E-state index contributed by atoms with van der Waals surface area (Å²) in [5.74, 6) is -0.855. The van der Waals surface area contributed by atoms with Gasteiger partial charge in [-0.1, -0.05) is 25.5 Å². The molecule has 226 valence electrons. The predicted octanol–water partition coefficient (Wildman–Crippen LogP) is 2.11. The quantitative estimate of drug-likeness (QED) is 0.162. The maximum Gasteiger partial charge on any atom is 0.236 e. The van der Waals surface area contributed by atoms with Gasteiger partial charge in [-0.05, 0) is 43.9 Å². The molecule has 1 aromatic rings. The minimum absolute atomic E-state index is 0.0329. The van der Waals surface area contributed by atoms with Crippen molar-refractivity contribution in [2.24, 2.45) is 5.92 Å². The maximum atomic E-state index is 12.6. The van der Waals surface area contributed by atoms with Crippen LogP contribution in [-0.4, -0.2) is 92.1 Å². The summed E-state index contributed by atoms with van der Waals surface area (Å²) < 4.78 is 5.54. The second-order valence-corrected chi connectivity index (χ2v) is 10.6. The van der Waals surface area contributed by atoms with Gasteiger partial charge in [0, 0.05) is 64.8 Å². The molecule has 41 heavy (non-hydrogen) atoms. The molecule has 1 aromatic carbocycles. The lowest BCUT2D eigenvalue weighted by Gasteiger charge is -2.28. The molecule has 0 radical (unpaired) electrons. The summed E-state index contributed by atoms with van der Waals surface area (Å²) in [4.78, 5) is 75.9. The summed E-state index contributed by atoms with van der Waals surface area (Å²) in [7, 11) is 3.20. The van der Waals surface area contributed by atoms with Crippen LogP contribution in [0.15, 0.2) is 24.3 Å². The van der Waals surface area contributed by atoms with E-state index in [4.69, 9.17) is 4.74 Å². The van der Waals surface area contributed by atoms with E-state index in [1.165, 1.54) is 14.7 Å². The molecule has 11 nitrogen and oxygen atoms in total. The van der Waals surface area contributed by atoms with Crippen molar-refractivity contribution in [3.05, 3.63) is 29.8 Å². The fourth-order valence-corrected chi connectivity index (χ4v) is 4.07. The van der Waals surface area contributed by atoms with Crippen molar-refractivity contribution in [3.63, 3.8) is 0 Å². The Balaban J connectivity index is 1.57. The zero-order chi connectivity index (χ0) is 30.4. The van der Waals surface area contributed by atoms with Crippen LogP contribution in [0.3, 0.4) is 0 Å². The zero-order valence-corrected chi connectivity index (χ0v) is 24.8. The molecule has 1 atom stereocenters. The lowest BCUT2D eigenvalue weighted by Crippen LogP contribution is -2.48. The first-order chi connectivity index (χ1) is 19.5. The van der Waals surface area contributed by atoms with Gasteiger partial charge in [-0.15, -0.1) is 0 Å². The van der Waals surface area contributed by atoms with E-state index in [2.05, 4.69) is 5.32 Å². The molecule has 1 fully saturated rings. The highest BCUT2D eigenvalue weighted by Crippen LogP contribution is 2.17. The number of ether oxygens (including phenoxy) is 1. The van der Waals surface area contributed by atoms with Crippen LogP contribution in [0.1, 0.15) is 64.4 Å². The first kappa shape index (κ1) is 33.6. The van der Waals surface area contributed by atoms with Gasteiger partial charge in [0.1, 0.15) is 12.2 Å². The Morgan fingerprint density at radius 1 is 1.00 bits per heavy atom. The minimum atomic E-state index is -0.364. The normalized spacial score (nSPS) is 13.3. The molecular weight excluding hydrogens is 528 g/mol. The molecular formula is C30H44N4O7. The van der Waals surface area contributed by atoms with E-state index >= 15 is 0 Å². The lowest BCUT2D eigenvalue weighted by molar-refractivity contribution is -0.152. The van der Waals surface area contributed by atoms with Gasteiger partial charge < -0.3 is 19.9 Å². The summed E-state index contributed by atoms with van der Waals surface area (Å²) in [6.45, 7) is 5.59. The Morgan fingerprint density at radius 3 is 2.32 bits per heavy atom. The summed E-state index contributed by atoms with van der Waals surface area (Å²) in [5.41, 5.74) is 1.33. The number of imide groups is 1. The standard InChI is InChI=1S/C30H44N4O7/c1-22(23(2)35)8-5-6-15-31-26(36)9-7-18-41-19-17-32(3)28(38)21-29(39)33(4)25-12-10-24(11-13-25)20-30(40)34-16-14-27(34)37/h10-13,22H,5-9,14-21H2,1-4H3,(H,31,36). The zero-order valence-electron chi connectivity index (χ0n) is 24.8. The number of unbranched alkanes of at least 4 members (excludes halogenated alkanes) is 1. The Morgan fingerprint density at radius 2 is 1.71 bits per heavy atom. The second kappa shape index (κ2) is 17.3. The van der Waals surface area contributed by atoms with Crippen molar-refractivity contribution < 1.29 is 33.5 Å². The summed E-state index contributed by atoms with van der Waals surface area (Å²) in [6, 6.07) is 6.88. The highest BCUT2D eigenvalue weighted by atomic mass is 16.5. The average molecular weight is 573 g/mol. The largest absolute Gasteiger partial charge is 0.380 e. The number of hydrogen-bond acceptors (Lipinski definition) is 7. The molecule has 1 heterocycles. The smallest absolute Gasteiger partial charge is 0.236 e. The third-order valence-electron chi connectivity index (χ3n) is 7.28. The molecule has 0 spiro atoms. The number of carbonyl (C=O) groups excluding carboxylic acids is 6. The van der Waals surface area contributed by atoms with Gasteiger partial charge in [0.15, 0.2) is 0 Å². The van der Waals surface area contributed by atoms with E-state index in [1.807, 2.05) is 6.92 Å². The number of nitrogens with zero attached hydrogens (tertiary/aromatic N) is 3. The summed E-state index contributed by atoms with van der Waals surface area (Å²) in [5, 5.41) is 2.87. The lowest BCUT2D eigenvalue weighted by atomic mass is 10.0. The Kier molecular flexibility index (Phi) is 14.2. The number of β-lactam (4-membered cyclic amide) rings is 1. The van der Waals surface area contributed by atoms with Gasteiger partial charge in [-0.2, -0.15) is 0 Å². The third-order valence-corrected chi connectivity index (χ3v) is 7.28. The van der Waals surface area contributed by atoms with Crippen molar-refractivity contribution in [3.8, 4) is 0 Å². The molecule has 1 aliphatic heterocycles. The minimum Gasteiger partial charge on any atom is -0.380 e. The van der Waals surface area contributed by atoms with Gasteiger partial charge in [-0.25, -0.2) is 0 Å². The number of Topliss-reactive ketones (excluding diaryl/α,β-unsaturated/α-hetero) is 1. The van der Waals surface area contributed by atoms with E-state index in [0.29, 0.717) is 57.8 Å². The second-order valence-electron chi connectivity index (χ2n) is 10.6. The molecule has 1 unspecified atom stereocenters. The number of likely N-dealkylation sites (N-methyl/N-ethyl adjacent to an activating group) is 1. The first-order valence-corrected chi connectivity index (χ1v) is 14.3. The van der Waals surface area contributed by atoms with E-state index in [0.717, 1.165) is 24.8 Å². The van der Waals surface area contributed by atoms with Crippen LogP contribution >= 0.6 is 0 Å². The fourth-order valence-electron chi connectivity index (χ4n) is 4.07. The summed E-state index contributed by atoms with van der Waals surface area (Å²) in [6.07, 6.45) is 3.73. The van der Waals surface area contributed by atoms with Crippen LogP contribution < -0.4 is 10.2 Å². The number of nitrogens with one attached hydrogen (secondary N) is 1. The summed E-state index contributed by atoms with van der Waals surface area (Å²) >= 11 is 0. The van der Waals surface area contributed by atoms with Crippen molar-refractivity contribution in [2.45, 2.75) is 65.2 Å². The van der Waals surface area contributed by atoms with Crippen molar-refractivity contribution in [1.82, 2.24) is 15.1 Å². The molecule has 0 aromatic heterocycles. The third kappa shape index (κ3) is 11.8. The molecule has 0 aliphatic carbocycles. The molecule has 5 amide bonds. The van der Waals surface area contributed by atoms with Crippen molar-refractivity contribution in [1.29, 1.82) is 0 Å². The molecule has 11 heteroatoms. The number of amides is 5. The van der Waals surface area contributed by atoms with Gasteiger partial charge in [-0.3, -0.25) is 33.7 Å². The highest BCUT2D eigenvalue weighted by molar-refractivity contribution is 6.04.